The van der Waals surface area contributed by atoms with Crippen LogP contribution in [0.1, 0.15) is 54.3 Å². The number of thiophene rings is 1. The highest BCUT2D eigenvalue weighted by molar-refractivity contribution is 7.18. The molecule has 0 saturated heterocycles. The highest BCUT2D eigenvalue weighted by atomic mass is 35.5. The Morgan fingerprint density at radius 3 is 2.26 bits per heavy atom. The molecule has 0 aliphatic heterocycles. The van der Waals surface area contributed by atoms with Gasteiger partial charge in [-0.2, -0.15) is 5.26 Å². The lowest BCUT2D eigenvalue weighted by molar-refractivity contribution is -0.146. The summed E-state index contributed by atoms with van der Waals surface area (Å²) >= 11 is 13.5. The van der Waals surface area contributed by atoms with Gasteiger partial charge < -0.3 is 21.1 Å². The van der Waals surface area contributed by atoms with Gasteiger partial charge in [0.25, 0.3) is 5.91 Å². The zero-order valence-corrected chi connectivity index (χ0v) is 23.3. The summed E-state index contributed by atoms with van der Waals surface area (Å²) in [6, 6.07) is 14.6. The molecule has 202 valence electrons. The lowest BCUT2D eigenvalue weighted by Crippen LogP contribution is -2.57. The van der Waals surface area contributed by atoms with Gasteiger partial charge in [-0.05, 0) is 61.6 Å². The molecule has 1 atom stereocenters. The molecule has 39 heavy (non-hydrogen) atoms. The summed E-state index contributed by atoms with van der Waals surface area (Å²) < 4.78 is 0. The van der Waals surface area contributed by atoms with Gasteiger partial charge in [0, 0.05) is 4.88 Å². The molecule has 1 saturated carbocycles. The highest BCUT2D eigenvalue weighted by Gasteiger charge is 2.43. The Hall–Kier alpha value is -3.58. The van der Waals surface area contributed by atoms with Crippen LogP contribution in [0, 0.1) is 17.2 Å². The molecule has 2 aromatic carbocycles. The summed E-state index contributed by atoms with van der Waals surface area (Å²) in [6.45, 7) is 1.54. The van der Waals surface area contributed by atoms with Crippen LogP contribution in [0.15, 0.2) is 48.5 Å². The molecule has 1 aliphatic carbocycles. The lowest BCUT2D eigenvalue weighted by atomic mass is 9.75. The van der Waals surface area contributed by atoms with Gasteiger partial charge in [-0.25, -0.2) is 9.59 Å². The van der Waals surface area contributed by atoms with Gasteiger partial charge in [0.15, 0.2) is 0 Å². The van der Waals surface area contributed by atoms with Crippen LogP contribution in [0.25, 0.3) is 10.4 Å². The van der Waals surface area contributed by atoms with E-state index in [1.54, 1.807) is 48.5 Å². The first kappa shape index (κ1) is 28.4. The molecule has 0 bridgehead atoms. The number of carbonyl (C=O) groups excluding carboxylic acids is 2. The van der Waals surface area contributed by atoms with Gasteiger partial charge in [-0.3, -0.25) is 4.79 Å². The Labute approximate surface area is 239 Å². The number of anilines is 2. The second-order valence-corrected chi connectivity index (χ2v) is 11.4. The molecule has 0 spiro atoms. The smallest absolute Gasteiger partial charge is 0.329 e. The molecule has 3 aromatic rings. The van der Waals surface area contributed by atoms with Crippen LogP contribution in [-0.4, -0.2) is 28.6 Å². The Morgan fingerprint density at radius 1 is 1.03 bits per heavy atom. The number of amides is 3. The Bertz CT molecular complexity index is 1420. The number of hydrogen-bond acceptors (Lipinski definition) is 5. The van der Waals surface area contributed by atoms with Crippen molar-refractivity contribution in [3.8, 4) is 16.5 Å². The standard InChI is InChI=1S/C28H26Cl2N4O4S/c1-28(26(36)37,18-6-3-2-4-7-18)34-25(35)24-21(14-22(39-24)17-12-10-16(15-31)11-13-17)32-27(38)33-23-19(29)8-5-9-20(23)30/h5,8-14,18H,2-4,6-7H2,1H3,(H,34,35)(H,36,37)(H2,32,33,38)/t28-/m0/s1. The Balaban J connectivity index is 1.66. The maximum atomic E-state index is 13.6. The van der Waals surface area contributed by atoms with E-state index in [0.29, 0.717) is 23.3 Å². The second-order valence-electron chi connectivity index (χ2n) is 9.51. The first-order valence-corrected chi connectivity index (χ1v) is 13.9. The minimum Gasteiger partial charge on any atom is -0.480 e. The zero-order chi connectivity index (χ0) is 28.2. The van der Waals surface area contributed by atoms with Crippen molar-refractivity contribution in [1.82, 2.24) is 5.32 Å². The Morgan fingerprint density at radius 2 is 1.67 bits per heavy atom. The molecule has 4 N–H and O–H groups in total. The maximum absolute atomic E-state index is 13.6. The average Bonchev–Trinajstić information content (AvgIpc) is 3.35. The number of rotatable bonds is 7. The zero-order valence-electron chi connectivity index (χ0n) is 21.0. The summed E-state index contributed by atoms with van der Waals surface area (Å²) in [4.78, 5) is 39.7. The summed E-state index contributed by atoms with van der Waals surface area (Å²) in [5, 5.41) is 27.7. The van der Waals surface area contributed by atoms with Crippen LogP contribution >= 0.6 is 34.5 Å². The van der Waals surface area contributed by atoms with Gasteiger partial charge in [0.1, 0.15) is 10.4 Å². The average molecular weight is 586 g/mol. The third-order valence-electron chi connectivity index (χ3n) is 6.93. The molecule has 1 aromatic heterocycles. The predicted molar refractivity (Wildman–Crippen MR) is 154 cm³/mol. The summed E-state index contributed by atoms with van der Waals surface area (Å²) in [7, 11) is 0. The fraction of sp³-hybridized carbons (Fsp3) is 0.286. The van der Waals surface area contributed by atoms with Crippen molar-refractivity contribution in [3.63, 3.8) is 0 Å². The quantitative estimate of drug-likeness (QED) is 0.230. The second kappa shape index (κ2) is 12.1. The van der Waals surface area contributed by atoms with E-state index >= 15 is 0 Å². The molecular formula is C28H26Cl2N4O4S. The number of aliphatic carboxylic acids is 1. The number of para-hydroxylation sites is 1. The molecule has 1 aliphatic rings. The van der Waals surface area contributed by atoms with Crippen LogP contribution < -0.4 is 16.0 Å². The largest absolute Gasteiger partial charge is 0.480 e. The number of hydrogen-bond donors (Lipinski definition) is 4. The van der Waals surface area contributed by atoms with Crippen LogP contribution in [-0.2, 0) is 4.79 Å². The lowest BCUT2D eigenvalue weighted by Gasteiger charge is -2.37. The van der Waals surface area contributed by atoms with E-state index in [2.05, 4.69) is 22.0 Å². The molecule has 3 amide bonds. The fourth-order valence-electron chi connectivity index (χ4n) is 4.69. The molecular weight excluding hydrogens is 559 g/mol. The van der Waals surface area contributed by atoms with Crippen LogP contribution in [0.2, 0.25) is 10.0 Å². The predicted octanol–water partition coefficient (Wildman–Crippen LogP) is 7.39. The van der Waals surface area contributed by atoms with Gasteiger partial charge in [-0.1, -0.05) is 60.7 Å². The van der Waals surface area contributed by atoms with Crippen LogP contribution in [0.4, 0.5) is 16.2 Å². The first-order valence-electron chi connectivity index (χ1n) is 12.3. The topological polar surface area (TPSA) is 131 Å². The number of nitriles is 1. The third kappa shape index (κ3) is 6.36. The van der Waals surface area contributed by atoms with E-state index in [0.717, 1.165) is 36.2 Å². The molecule has 1 heterocycles. The van der Waals surface area contributed by atoms with E-state index in [1.807, 2.05) is 0 Å². The normalized spacial score (nSPS) is 15.0. The molecule has 11 heteroatoms. The van der Waals surface area contributed by atoms with Crippen LogP contribution in [0.3, 0.4) is 0 Å². The van der Waals surface area contributed by atoms with Crippen molar-refractivity contribution in [2.24, 2.45) is 5.92 Å². The van der Waals surface area contributed by atoms with Gasteiger partial charge >= 0.3 is 12.0 Å². The van der Waals surface area contributed by atoms with E-state index in [1.165, 1.54) is 6.92 Å². The minimum absolute atomic E-state index is 0.137. The summed E-state index contributed by atoms with van der Waals surface area (Å²) in [5.74, 6) is -1.93. The number of nitrogens with zero attached hydrogens (tertiary/aromatic N) is 1. The molecule has 0 radical (unpaired) electrons. The fourth-order valence-corrected chi connectivity index (χ4v) is 6.20. The third-order valence-corrected chi connectivity index (χ3v) is 8.74. The van der Waals surface area contributed by atoms with Gasteiger partial charge in [0.2, 0.25) is 0 Å². The molecule has 0 unspecified atom stereocenters. The van der Waals surface area contributed by atoms with Crippen LogP contribution in [0.5, 0.6) is 0 Å². The minimum atomic E-state index is -1.47. The SMILES string of the molecule is C[C@@](NC(=O)c1sc(-c2ccc(C#N)cc2)cc1NC(=O)Nc1c(Cl)cccc1Cl)(C(=O)O)C1CCCCC1. The van der Waals surface area contributed by atoms with Crippen molar-refractivity contribution in [2.75, 3.05) is 10.6 Å². The molecule has 8 nitrogen and oxygen atoms in total. The number of nitrogens with one attached hydrogen (secondary N) is 3. The van der Waals surface area contributed by atoms with Crippen molar-refractivity contribution >= 4 is 63.8 Å². The van der Waals surface area contributed by atoms with Crippen molar-refractivity contribution in [2.45, 2.75) is 44.6 Å². The van der Waals surface area contributed by atoms with E-state index in [-0.39, 0.29) is 32.2 Å². The Kier molecular flexibility index (Phi) is 8.80. The molecule has 1 fully saturated rings. The number of halogens is 2. The summed E-state index contributed by atoms with van der Waals surface area (Å²) in [5.41, 5.74) is 0.133. The van der Waals surface area contributed by atoms with Crippen molar-refractivity contribution in [3.05, 3.63) is 69.0 Å². The number of carbonyl (C=O) groups is 3. The van der Waals surface area contributed by atoms with E-state index in [9.17, 15) is 19.5 Å². The molecule has 4 rings (SSSR count). The maximum Gasteiger partial charge on any atom is 0.329 e. The first-order chi connectivity index (χ1) is 18.6. The van der Waals surface area contributed by atoms with Gasteiger partial charge in [-0.15, -0.1) is 11.3 Å². The monoisotopic (exact) mass is 584 g/mol. The van der Waals surface area contributed by atoms with E-state index in [4.69, 9.17) is 28.5 Å². The van der Waals surface area contributed by atoms with Gasteiger partial charge in [0.05, 0.1) is 33.1 Å². The van der Waals surface area contributed by atoms with Crippen molar-refractivity contribution < 1.29 is 19.5 Å². The number of urea groups is 1. The summed E-state index contributed by atoms with van der Waals surface area (Å²) in [6.07, 6.45) is 4.26. The number of benzene rings is 2. The number of carboxylic acids is 1. The highest BCUT2D eigenvalue weighted by Crippen LogP contribution is 2.38. The van der Waals surface area contributed by atoms with Crippen molar-refractivity contribution in [1.29, 1.82) is 5.26 Å². The van der Waals surface area contributed by atoms with E-state index < -0.39 is 23.4 Å². The number of carboxylic acid groups (broad SMARTS) is 1.